The Kier molecular flexibility index (Phi) is 6.37. The summed E-state index contributed by atoms with van der Waals surface area (Å²) in [5, 5.41) is 8.54. The van der Waals surface area contributed by atoms with E-state index in [2.05, 4.69) is 15.7 Å². The number of amides is 1. The normalized spacial score (nSPS) is 10.6. The van der Waals surface area contributed by atoms with Crippen molar-refractivity contribution < 1.29 is 14.4 Å². The molecule has 140 valence electrons. The Hall–Kier alpha value is -3.22. The Morgan fingerprint density at radius 2 is 1.54 bits per heavy atom. The molecule has 3 rings (SSSR count). The van der Waals surface area contributed by atoms with Crippen molar-refractivity contribution >= 4 is 46.5 Å². The van der Waals surface area contributed by atoms with Crippen LogP contribution in [0.5, 0.6) is 0 Å². The second-order valence-electron chi connectivity index (χ2n) is 5.56. The van der Waals surface area contributed by atoms with Crippen molar-refractivity contribution in [2.24, 2.45) is 10.2 Å². The first kappa shape index (κ1) is 19.5. The Bertz CT molecular complexity index is 1020. The predicted octanol–water partition coefficient (Wildman–Crippen LogP) is 6.10. The number of azo groups is 1. The first-order valence-electron chi connectivity index (χ1n) is 8.06. The molecule has 6 nitrogen and oxygen atoms in total. The molecule has 0 aliphatic heterocycles. The summed E-state index contributed by atoms with van der Waals surface area (Å²) in [5.74, 6) is -1.05. The summed E-state index contributed by atoms with van der Waals surface area (Å²) in [6.45, 7) is 0. The number of nitrogens with one attached hydrogen (secondary N) is 1. The van der Waals surface area contributed by atoms with E-state index in [1.165, 1.54) is 6.07 Å². The smallest absolute Gasteiger partial charge is 0.338 e. The summed E-state index contributed by atoms with van der Waals surface area (Å²) < 4.78 is 0. The van der Waals surface area contributed by atoms with Crippen molar-refractivity contribution in [2.75, 3.05) is 5.48 Å². The van der Waals surface area contributed by atoms with Crippen LogP contribution in [0.2, 0.25) is 10.0 Å². The fourth-order valence-corrected chi connectivity index (χ4v) is 2.44. The van der Waals surface area contributed by atoms with E-state index in [1.807, 2.05) is 0 Å². The SMILES string of the molecule is O=C(N=Nc1ccc(NOC(=O)c2ccc(Cl)cc2)cc1)c1cccc(Cl)c1. The number of nitrogens with zero attached hydrogens (tertiary/aromatic N) is 2. The van der Waals surface area contributed by atoms with Gasteiger partial charge < -0.3 is 4.84 Å². The molecule has 3 aromatic rings. The third-order valence-electron chi connectivity index (χ3n) is 3.54. The zero-order valence-corrected chi connectivity index (χ0v) is 15.8. The van der Waals surface area contributed by atoms with Gasteiger partial charge in [-0.15, -0.1) is 10.2 Å². The van der Waals surface area contributed by atoms with Crippen LogP contribution in [0.1, 0.15) is 20.7 Å². The van der Waals surface area contributed by atoms with E-state index in [0.717, 1.165) is 0 Å². The maximum Gasteiger partial charge on any atom is 0.362 e. The number of carbonyl (C=O) groups excluding carboxylic acids is 2. The summed E-state index contributed by atoms with van der Waals surface area (Å²) in [4.78, 5) is 28.9. The van der Waals surface area contributed by atoms with Crippen LogP contribution in [0.4, 0.5) is 11.4 Å². The van der Waals surface area contributed by atoms with E-state index in [1.54, 1.807) is 66.7 Å². The predicted molar refractivity (Wildman–Crippen MR) is 107 cm³/mol. The van der Waals surface area contributed by atoms with E-state index in [4.69, 9.17) is 28.0 Å². The molecular weight excluding hydrogens is 401 g/mol. The van der Waals surface area contributed by atoms with E-state index in [-0.39, 0.29) is 0 Å². The van der Waals surface area contributed by atoms with Gasteiger partial charge in [-0.3, -0.25) is 4.79 Å². The minimum Gasteiger partial charge on any atom is -0.338 e. The number of rotatable bonds is 5. The lowest BCUT2D eigenvalue weighted by molar-refractivity contribution is 0.0596. The molecular formula is C20H13Cl2N3O3. The molecule has 0 aliphatic carbocycles. The topological polar surface area (TPSA) is 80.1 Å². The van der Waals surface area contributed by atoms with Gasteiger partial charge in [-0.2, -0.15) is 0 Å². The molecule has 0 unspecified atom stereocenters. The van der Waals surface area contributed by atoms with E-state index < -0.39 is 11.9 Å². The summed E-state index contributed by atoms with van der Waals surface area (Å²) in [6, 6.07) is 19.3. The number of benzene rings is 3. The molecule has 1 amide bonds. The number of hydrogen-bond donors (Lipinski definition) is 1. The van der Waals surface area contributed by atoms with Gasteiger partial charge in [0.25, 0.3) is 5.91 Å². The lowest BCUT2D eigenvalue weighted by Gasteiger charge is -2.06. The fraction of sp³-hybridized carbons (Fsp3) is 0. The highest BCUT2D eigenvalue weighted by molar-refractivity contribution is 6.31. The standard InChI is InChI=1S/C20H13Cl2N3O3/c21-15-6-4-13(5-7-15)20(27)28-25-18-10-8-17(9-11-18)23-24-19(26)14-2-1-3-16(22)12-14/h1-12,25H. The molecule has 0 aliphatic rings. The Morgan fingerprint density at radius 3 is 2.21 bits per heavy atom. The average Bonchev–Trinajstić information content (AvgIpc) is 2.71. The largest absolute Gasteiger partial charge is 0.362 e. The number of hydrogen-bond acceptors (Lipinski definition) is 5. The van der Waals surface area contributed by atoms with Crippen molar-refractivity contribution in [3.63, 3.8) is 0 Å². The van der Waals surface area contributed by atoms with Gasteiger partial charge >= 0.3 is 5.97 Å². The highest BCUT2D eigenvalue weighted by atomic mass is 35.5. The molecule has 0 fully saturated rings. The molecule has 8 heteroatoms. The van der Waals surface area contributed by atoms with Crippen LogP contribution in [0.3, 0.4) is 0 Å². The zero-order valence-electron chi connectivity index (χ0n) is 14.3. The third kappa shape index (κ3) is 5.39. The summed E-state index contributed by atoms with van der Waals surface area (Å²) in [5.41, 5.74) is 4.25. The molecule has 0 atom stereocenters. The summed E-state index contributed by atoms with van der Waals surface area (Å²) >= 11 is 11.6. The van der Waals surface area contributed by atoms with Crippen LogP contribution in [0.15, 0.2) is 83.0 Å². The van der Waals surface area contributed by atoms with Gasteiger partial charge in [-0.25, -0.2) is 10.3 Å². The van der Waals surface area contributed by atoms with Crippen molar-refractivity contribution in [1.82, 2.24) is 0 Å². The van der Waals surface area contributed by atoms with E-state index >= 15 is 0 Å². The van der Waals surface area contributed by atoms with Gasteiger partial charge in [0.2, 0.25) is 0 Å². The summed E-state index contributed by atoms with van der Waals surface area (Å²) in [7, 11) is 0. The van der Waals surface area contributed by atoms with Crippen LogP contribution >= 0.6 is 23.2 Å². The van der Waals surface area contributed by atoms with Crippen LogP contribution in [-0.2, 0) is 4.84 Å². The molecule has 0 aromatic heterocycles. The monoisotopic (exact) mass is 413 g/mol. The van der Waals surface area contributed by atoms with E-state index in [0.29, 0.717) is 32.5 Å². The Labute approximate surface area is 170 Å². The van der Waals surface area contributed by atoms with Gasteiger partial charge in [-0.1, -0.05) is 29.3 Å². The molecule has 28 heavy (non-hydrogen) atoms. The molecule has 0 heterocycles. The third-order valence-corrected chi connectivity index (χ3v) is 4.02. The molecule has 0 bridgehead atoms. The quantitative estimate of drug-likeness (QED) is 0.404. The molecule has 1 N–H and O–H groups in total. The number of anilines is 1. The Morgan fingerprint density at radius 1 is 0.821 bits per heavy atom. The first-order valence-corrected chi connectivity index (χ1v) is 8.81. The van der Waals surface area contributed by atoms with Crippen molar-refractivity contribution in [1.29, 1.82) is 0 Å². The zero-order chi connectivity index (χ0) is 19.9. The molecule has 0 spiro atoms. The van der Waals surface area contributed by atoms with Crippen LogP contribution < -0.4 is 5.48 Å². The minimum absolute atomic E-state index is 0.351. The molecule has 0 saturated heterocycles. The van der Waals surface area contributed by atoms with Crippen molar-refractivity contribution in [2.45, 2.75) is 0 Å². The van der Waals surface area contributed by atoms with Crippen molar-refractivity contribution in [3.05, 3.63) is 94.0 Å². The van der Waals surface area contributed by atoms with Crippen LogP contribution in [0, 0.1) is 0 Å². The van der Waals surface area contributed by atoms with Gasteiger partial charge in [0.1, 0.15) is 0 Å². The van der Waals surface area contributed by atoms with Crippen LogP contribution in [-0.4, -0.2) is 11.9 Å². The fourth-order valence-electron chi connectivity index (χ4n) is 2.13. The minimum atomic E-state index is -0.549. The lowest BCUT2D eigenvalue weighted by Crippen LogP contribution is -2.10. The Balaban J connectivity index is 1.56. The highest BCUT2D eigenvalue weighted by Crippen LogP contribution is 2.18. The molecule has 0 radical (unpaired) electrons. The first-order chi connectivity index (χ1) is 13.5. The van der Waals surface area contributed by atoms with Gasteiger partial charge in [0.15, 0.2) is 0 Å². The average molecular weight is 414 g/mol. The van der Waals surface area contributed by atoms with E-state index in [9.17, 15) is 9.59 Å². The second-order valence-corrected chi connectivity index (χ2v) is 6.43. The molecule has 3 aromatic carbocycles. The van der Waals surface area contributed by atoms with Gasteiger partial charge in [0.05, 0.1) is 16.9 Å². The summed E-state index contributed by atoms with van der Waals surface area (Å²) in [6.07, 6.45) is 0. The second kappa shape index (κ2) is 9.12. The maximum absolute atomic E-state index is 12.0. The van der Waals surface area contributed by atoms with Gasteiger partial charge in [0, 0.05) is 15.6 Å². The highest BCUT2D eigenvalue weighted by Gasteiger charge is 2.07. The number of carbonyl (C=O) groups is 2. The lowest BCUT2D eigenvalue weighted by atomic mass is 10.2. The maximum atomic E-state index is 12.0. The van der Waals surface area contributed by atoms with Gasteiger partial charge in [-0.05, 0) is 66.7 Å². The molecule has 0 saturated carbocycles. The number of halogens is 2. The van der Waals surface area contributed by atoms with Crippen LogP contribution in [0.25, 0.3) is 0 Å². The van der Waals surface area contributed by atoms with Crippen molar-refractivity contribution in [3.8, 4) is 0 Å².